The van der Waals surface area contributed by atoms with E-state index >= 15 is 0 Å². The van der Waals surface area contributed by atoms with Crippen LogP contribution in [0.3, 0.4) is 0 Å². The van der Waals surface area contributed by atoms with Crippen LogP contribution in [0, 0.1) is 0 Å². The number of rotatable bonds is 3. The first-order valence-corrected chi connectivity index (χ1v) is 3.07. The Morgan fingerprint density at radius 1 is 1.10 bits per heavy atom. The zero-order valence-corrected chi connectivity index (χ0v) is 8.60. The molecule has 0 amide bonds. The Balaban J connectivity index is -0.000000245. The third-order valence-electron chi connectivity index (χ3n) is 1.03. The van der Waals surface area contributed by atoms with Gasteiger partial charge in [-0.05, 0) is 6.54 Å². The molecule has 2 nitrogen and oxygen atoms in total. The summed E-state index contributed by atoms with van der Waals surface area (Å²) in [6.07, 6.45) is 1.13. The van der Waals surface area contributed by atoms with E-state index in [-0.39, 0.29) is 24.8 Å². The summed E-state index contributed by atoms with van der Waals surface area (Å²) in [6.45, 7) is 1.99. The first-order valence-electron chi connectivity index (χ1n) is 3.07. The normalized spacial score (nSPS) is 9.60. The fraction of sp³-hybridized carbons (Fsp3) is 1.00. The maximum Gasteiger partial charge on any atom is 0.0792 e. The summed E-state index contributed by atoms with van der Waals surface area (Å²) in [7, 11) is 6.53. The molecule has 0 aromatic rings. The summed E-state index contributed by atoms with van der Waals surface area (Å²) >= 11 is 0. The molecule has 0 unspecified atom stereocenters. The molecule has 0 saturated carbocycles. The topological polar surface area (TPSA) is 26.0 Å². The smallest absolute Gasteiger partial charge is 0.0792 e. The van der Waals surface area contributed by atoms with Gasteiger partial charge in [-0.1, -0.05) is 0 Å². The number of nitrogens with zero attached hydrogens (tertiary/aromatic N) is 1. The van der Waals surface area contributed by atoms with Gasteiger partial charge in [0, 0.05) is 6.42 Å². The van der Waals surface area contributed by atoms with Crippen LogP contribution < -0.4 is 5.73 Å². The Labute approximate surface area is 76.2 Å². The fourth-order valence-corrected chi connectivity index (χ4v) is 0.566. The van der Waals surface area contributed by atoms with Crippen molar-refractivity contribution in [3.63, 3.8) is 0 Å². The molecule has 66 valence electrons. The summed E-state index contributed by atoms with van der Waals surface area (Å²) in [6, 6.07) is 0. The predicted octanol–water partition coefficient (Wildman–Crippen LogP) is 0.885. The highest BCUT2D eigenvalue weighted by Crippen LogP contribution is 1.90. The molecule has 0 heterocycles. The quantitative estimate of drug-likeness (QED) is 0.657. The van der Waals surface area contributed by atoms with E-state index in [2.05, 4.69) is 21.1 Å². The molecule has 2 N–H and O–H groups in total. The number of nitrogens with two attached hydrogens (primary N) is 1. The lowest BCUT2D eigenvalue weighted by molar-refractivity contribution is -0.870. The summed E-state index contributed by atoms with van der Waals surface area (Å²) in [4.78, 5) is 0. The Kier molecular flexibility index (Phi) is 12.8. The first-order chi connectivity index (χ1) is 3.56. The highest BCUT2D eigenvalue weighted by atomic mass is 35.5. The molecule has 0 aliphatic heterocycles. The van der Waals surface area contributed by atoms with Crippen LogP contribution in [-0.2, 0) is 0 Å². The van der Waals surface area contributed by atoms with Crippen LogP contribution in [0.1, 0.15) is 6.42 Å². The third kappa shape index (κ3) is 15.8. The number of halogens is 2. The molecule has 0 aliphatic rings. The Morgan fingerprint density at radius 3 is 1.60 bits per heavy atom. The highest BCUT2D eigenvalue weighted by molar-refractivity contribution is 5.85. The van der Waals surface area contributed by atoms with E-state index in [1.54, 1.807) is 0 Å². The van der Waals surface area contributed by atoms with E-state index in [4.69, 9.17) is 5.73 Å². The molecule has 0 spiro atoms. The fourth-order valence-electron chi connectivity index (χ4n) is 0.566. The van der Waals surface area contributed by atoms with Crippen molar-refractivity contribution in [3.8, 4) is 0 Å². The maximum absolute atomic E-state index is 5.33. The molecule has 0 fully saturated rings. The second kappa shape index (κ2) is 7.61. The van der Waals surface area contributed by atoms with Crippen LogP contribution in [0.2, 0.25) is 0 Å². The van der Waals surface area contributed by atoms with Crippen molar-refractivity contribution in [1.29, 1.82) is 0 Å². The van der Waals surface area contributed by atoms with E-state index in [0.29, 0.717) is 0 Å². The molecular weight excluding hydrogens is 171 g/mol. The second-order valence-corrected chi connectivity index (χ2v) is 3.16. The largest absolute Gasteiger partial charge is 0.331 e. The number of quaternary nitrogens is 1. The van der Waals surface area contributed by atoms with E-state index in [0.717, 1.165) is 17.4 Å². The van der Waals surface area contributed by atoms with Crippen molar-refractivity contribution in [2.24, 2.45) is 5.73 Å². The van der Waals surface area contributed by atoms with Gasteiger partial charge in [0.25, 0.3) is 0 Å². The molecule has 0 bridgehead atoms. The lowest BCUT2D eigenvalue weighted by Crippen LogP contribution is -2.36. The maximum atomic E-state index is 5.33. The van der Waals surface area contributed by atoms with E-state index in [1.165, 1.54) is 6.54 Å². The van der Waals surface area contributed by atoms with Gasteiger partial charge in [-0.2, -0.15) is 0 Å². The van der Waals surface area contributed by atoms with Gasteiger partial charge < -0.3 is 10.2 Å². The van der Waals surface area contributed by atoms with Gasteiger partial charge in [0.15, 0.2) is 0 Å². The van der Waals surface area contributed by atoms with Crippen molar-refractivity contribution < 1.29 is 4.48 Å². The zero-order chi connectivity index (χ0) is 6.62. The molecule has 0 aliphatic carbocycles. The van der Waals surface area contributed by atoms with Crippen molar-refractivity contribution in [2.75, 3.05) is 34.2 Å². The molecule has 0 aromatic heterocycles. The average Bonchev–Trinajstić information content (AvgIpc) is 1.59. The van der Waals surface area contributed by atoms with Crippen molar-refractivity contribution in [1.82, 2.24) is 0 Å². The SMILES string of the molecule is C[N+](C)(C)CCCN.Cl.Cl. The van der Waals surface area contributed by atoms with Crippen molar-refractivity contribution in [3.05, 3.63) is 0 Å². The van der Waals surface area contributed by atoms with Gasteiger partial charge in [-0.15, -0.1) is 24.8 Å². The summed E-state index contributed by atoms with van der Waals surface area (Å²) < 4.78 is 1.02. The molecule has 0 radical (unpaired) electrons. The summed E-state index contributed by atoms with van der Waals surface area (Å²) in [5, 5.41) is 0. The zero-order valence-electron chi connectivity index (χ0n) is 6.96. The lowest BCUT2D eigenvalue weighted by atomic mass is 10.4. The minimum atomic E-state index is 0. The van der Waals surface area contributed by atoms with Crippen LogP contribution in [0.5, 0.6) is 0 Å². The van der Waals surface area contributed by atoms with Crippen LogP contribution in [0.15, 0.2) is 0 Å². The van der Waals surface area contributed by atoms with Crippen LogP contribution >= 0.6 is 24.8 Å². The molecule has 0 rings (SSSR count). The molecule has 0 atom stereocenters. The Bertz CT molecular complexity index is 61.3. The van der Waals surface area contributed by atoms with Gasteiger partial charge in [-0.3, -0.25) is 0 Å². The molecule has 0 aromatic carbocycles. The number of hydrogen-bond donors (Lipinski definition) is 1. The Morgan fingerprint density at radius 2 is 1.50 bits per heavy atom. The lowest BCUT2D eigenvalue weighted by Gasteiger charge is -2.23. The van der Waals surface area contributed by atoms with Gasteiger partial charge in [-0.25, -0.2) is 0 Å². The molecular formula is C6H19Cl2N2+. The van der Waals surface area contributed by atoms with Crippen LogP contribution in [-0.4, -0.2) is 38.7 Å². The monoisotopic (exact) mass is 189 g/mol. The van der Waals surface area contributed by atoms with Crippen molar-refractivity contribution >= 4 is 24.8 Å². The average molecular weight is 190 g/mol. The van der Waals surface area contributed by atoms with E-state index in [9.17, 15) is 0 Å². The predicted molar refractivity (Wildman–Crippen MR) is 51.1 cm³/mol. The molecule has 10 heavy (non-hydrogen) atoms. The van der Waals surface area contributed by atoms with Gasteiger partial charge in [0.05, 0.1) is 27.7 Å². The summed E-state index contributed by atoms with van der Waals surface area (Å²) in [5.74, 6) is 0. The van der Waals surface area contributed by atoms with Gasteiger partial charge in [0.2, 0.25) is 0 Å². The van der Waals surface area contributed by atoms with Gasteiger partial charge in [0.1, 0.15) is 0 Å². The van der Waals surface area contributed by atoms with Crippen LogP contribution in [0.25, 0.3) is 0 Å². The van der Waals surface area contributed by atoms with Gasteiger partial charge >= 0.3 is 0 Å². The molecule has 4 heteroatoms. The minimum absolute atomic E-state index is 0. The summed E-state index contributed by atoms with van der Waals surface area (Å²) in [5.41, 5.74) is 5.33. The van der Waals surface area contributed by atoms with E-state index < -0.39 is 0 Å². The van der Waals surface area contributed by atoms with E-state index in [1.807, 2.05) is 0 Å². The highest BCUT2D eigenvalue weighted by Gasteiger charge is 2.03. The minimum Gasteiger partial charge on any atom is -0.331 e. The Hall–Kier alpha value is 0.500. The first kappa shape index (κ1) is 16.8. The standard InChI is InChI=1S/C6H17N2.2ClH/c1-8(2,3)6-4-5-7;;/h4-7H2,1-3H3;2*1H/q+1;;. The number of hydrogen-bond acceptors (Lipinski definition) is 1. The third-order valence-corrected chi connectivity index (χ3v) is 1.03. The van der Waals surface area contributed by atoms with Crippen molar-refractivity contribution in [2.45, 2.75) is 6.42 Å². The second-order valence-electron chi connectivity index (χ2n) is 3.16. The van der Waals surface area contributed by atoms with Crippen LogP contribution in [0.4, 0.5) is 0 Å². The molecule has 0 saturated heterocycles.